The number of likely N-dealkylation sites (tertiary alicyclic amines) is 1. The largest absolute Gasteiger partial charge is 0.338 e. The van der Waals surface area contributed by atoms with Crippen LogP contribution in [-0.2, 0) is 4.79 Å². The second-order valence-corrected chi connectivity index (χ2v) is 6.39. The van der Waals surface area contributed by atoms with Gasteiger partial charge in [0.15, 0.2) is 0 Å². The summed E-state index contributed by atoms with van der Waals surface area (Å²) < 4.78 is 0. The van der Waals surface area contributed by atoms with Crippen LogP contribution in [0.2, 0.25) is 0 Å². The molecule has 3 aliphatic rings. The van der Waals surface area contributed by atoms with Gasteiger partial charge in [0, 0.05) is 25.0 Å². The SMILES string of the molecule is CC1CCN(C(=O)C2CC2C2CC2)C(CN)C1.Cl. The summed E-state index contributed by atoms with van der Waals surface area (Å²) in [6.07, 6.45) is 6.15. The molecule has 0 aromatic rings. The fourth-order valence-electron chi connectivity index (χ4n) is 3.52. The van der Waals surface area contributed by atoms with E-state index in [0.717, 1.165) is 43.6 Å². The maximum Gasteiger partial charge on any atom is 0.226 e. The fourth-order valence-corrected chi connectivity index (χ4v) is 3.52. The number of nitrogens with two attached hydrogens (primary N) is 1. The number of rotatable bonds is 3. The molecule has 104 valence electrons. The zero-order valence-electron chi connectivity index (χ0n) is 11.2. The molecule has 0 aromatic carbocycles. The molecule has 1 aliphatic heterocycles. The first-order valence-corrected chi connectivity index (χ1v) is 7.21. The van der Waals surface area contributed by atoms with E-state index in [1.807, 2.05) is 0 Å². The first kappa shape index (κ1) is 14.1. The number of piperidine rings is 1. The summed E-state index contributed by atoms with van der Waals surface area (Å²) in [5.41, 5.74) is 5.83. The third kappa shape index (κ3) is 2.67. The van der Waals surface area contributed by atoms with Crippen molar-refractivity contribution in [2.45, 2.75) is 45.1 Å². The monoisotopic (exact) mass is 272 g/mol. The lowest BCUT2D eigenvalue weighted by molar-refractivity contribution is -0.137. The molecule has 4 atom stereocenters. The molecule has 1 heterocycles. The maximum atomic E-state index is 12.4. The lowest BCUT2D eigenvalue weighted by Gasteiger charge is -2.38. The predicted molar refractivity (Wildman–Crippen MR) is 74.5 cm³/mol. The summed E-state index contributed by atoms with van der Waals surface area (Å²) >= 11 is 0. The zero-order valence-corrected chi connectivity index (χ0v) is 12.0. The van der Waals surface area contributed by atoms with Crippen molar-refractivity contribution in [3.05, 3.63) is 0 Å². The Balaban J connectivity index is 0.00000120. The smallest absolute Gasteiger partial charge is 0.226 e. The summed E-state index contributed by atoms with van der Waals surface area (Å²) in [7, 11) is 0. The summed E-state index contributed by atoms with van der Waals surface area (Å²) in [4.78, 5) is 14.6. The lowest BCUT2D eigenvalue weighted by Crippen LogP contribution is -2.50. The molecular formula is C14H25ClN2O. The highest BCUT2D eigenvalue weighted by atomic mass is 35.5. The Morgan fingerprint density at radius 2 is 2.00 bits per heavy atom. The van der Waals surface area contributed by atoms with E-state index in [1.54, 1.807) is 0 Å². The van der Waals surface area contributed by atoms with E-state index in [4.69, 9.17) is 5.73 Å². The Morgan fingerprint density at radius 1 is 1.28 bits per heavy atom. The minimum Gasteiger partial charge on any atom is -0.338 e. The van der Waals surface area contributed by atoms with Crippen LogP contribution in [0.15, 0.2) is 0 Å². The summed E-state index contributed by atoms with van der Waals surface area (Å²) in [5, 5.41) is 0. The molecule has 3 fully saturated rings. The molecule has 0 aromatic heterocycles. The van der Waals surface area contributed by atoms with Gasteiger partial charge < -0.3 is 10.6 Å². The molecule has 18 heavy (non-hydrogen) atoms. The molecule has 1 amide bonds. The first-order chi connectivity index (χ1) is 8.20. The van der Waals surface area contributed by atoms with Crippen LogP contribution in [0.5, 0.6) is 0 Å². The van der Waals surface area contributed by atoms with Crippen molar-refractivity contribution < 1.29 is 4.79 Å². The topological polar surface area (TPSA) is 46.3 Å². The summed E-state index contributed by atoms with van der Waals surface area (Å²) in [6.45, 7) is 3.85. The lowest BCUT2D eigenvalue weighted by atomic mass is 9.92. The quantitative estimate of drug-likeness (QED) is 0.855. The van der Waals surface area contributed by atoms with Gasteiger partial charge >= 0.3 is 0 Å². The molecule has 4 heteroatoms. The van der Waals surface area contributed by atoms with Crippen LogP contribution >= 0.6 is 12.4 Å². The van der Waals surface area contributed by atoms with E-state index in [0.29, 0.717) is 24.4 Å². The van der Waals surface area contributed by atoms with Crippen molar-refractivity contribution in [1.29, 1.82) is 0 Å². The normalized spacial score (nSPS) is 39.1. The molecule has 0 spiro atoms. The van der Waals surface area contributed by atoms with Gasteiger partial charge in [0.05, 0.1) is 0 Å². The zero-order chi connectivity index (χ0) is 12.0. The van der Waals surface area contributed by atoms with Gasteiger partial charge in [0.1, 0.15) is 0 Å². The molecule has 3 nitrogen and oxygen atoms in total. The molecule has 0 bridgehead atoms. The highest BCUT2D eigenvalue weighted by molar-refractivity contribution is 5.85. The van der Waals surface area contributed by atoms with E-state index in [1.165, 1.54) is 12.8 Å². The summed E-state index contributed by atoms with van der Waals surface area (Å²) in [5.74, 6) is 3.14. The average Bonchev–Trinajstić information content (AvgIpc) is 3.16. The average molecular weight is 273 g/mol. The van der Waals surface area contributed by atoms with Crippen molar-refractivity contribution in [3.63, 3.8) is 0 Å². The molecule has 2 saturated carbocycles. The van der Waals surface area contributed by atoms with Gasteiger partial charge in [0.25, 0.3) is 0 Å². The number of halogens is 1. The number of hydrogen-bond acceptors (Lipinski definition) is 2. The van der Waals surface area contributed by atoms with Gasteiger partial charge in [-0.15, -0.1) is 12.4 Å². The van der Waals surface area contributed by atoms with Crippen molar-refractivity contribution in [1.82, 2.24) is 4.90 Å². The third-order valence-electron chi connectivity index (χ3n) is 4.92. The number of carbonyl (C=O) groups is 1. The van der Waals surface area contributed by atoms with E-state index < -0.39 is 0 Å². The van der Waals surface area contributed by atoms with Crippen molar-refractivity contribution in [2.24, 2.45) is 29.4 Å². The molecule has 0 radical (unpaired) electrons. The second kappa shape index (κ2) is 5.38. The van der Waals surface area contributed by atoms with Gasteiger partial charge in [-0.3, -0.25) is 4.79 Å². The van der Waals surface area contributed by atoms with Crippen LogP contribution in [0.3, 0.4) is 0 Å². The standard InChI is InChI=1S/C14H24N2O.ClH/c1-9-4-5-16(11(6-9)8-15)14(17)13-7-12(13)10-2-3-10;/h9-13H,2-8,15H2,1H3;1H. The molecule has 1 saturated heterocycles. The molecular weight excluding hydrogens is 248 g/mol. The number of hydrogen-bond donors (Lipinski definition) is 1. The van der Waals surface area contributed by atoms with Crippen LogP contribution in [-0.4, -0.2) is 29.9 Å². The number of nitrogens with zero attached hydrogens (tertiary/aromatic N) is 1. The van der Waals surface area contributed by atoms with Crippen LogP contribution in [0.4, 0.5) is 0 Å². The second-order valence-electron chi connectivity index (χ2n) is 6.39. The van der Waals surface area contributed by atoms with Crippen LogP contribution in [0.25, 0.3) is 0 Å². The molecule has 2 aliphatic carbocycles. The van der Waals surface area contributed by atoms with Gasteiger partial charge in [-0.25, -0.2) is 0 Å². The van der Waals surface area contributed by atoms with E-state index >= 15 is 0 Å². The molecule has 4 unspecified atom stereocenters. The minimum absolute atomic E-state index is 0. The Hall–Kier alpha value is -0.280. The van der Waals surface area contributed by atoms with Gasteiger partial charge in [-0.1, -0.05) is 6.92 Å². The number of carbonyl (C=O) groups excluding carboxylic acids is 1. The Bertz CT molecular complexity index is 319. The van der Waals surface area contributed by atoms with Crippen molar-refractivity contribution in [3.8, 4) is 0 Å². The van der Waals surface area contributed by atoms with Crippen molar-refractivity contribution >= 4 is 18.3 Å². The van der Waals surface area contributed by atoms with Crippen LogP contribution in [0, 0.1) is 23.7 Å². The maximum absolute atomic E-state index is 12.4. The van der Waals surface area contributed by atoms with Gasteiger partial charge in [-0.2, -0.15) is 0 Å². The predicted octanol–water partition coefficient (Wildman–Crippen LogP) is 2.04. The minimum atomic E-state index is 0. The van der Waals surface area contributed by atoms with Crippen LogP contribution < -0.4 is 5.73 Å². The van der Waals surface area contributed by atoms with E-state index in [-0.39, 0.29) is 12.4 Å². The Kier molecular flexibility index (Phi) is 4.22. The molecule has 3 rings (SSSR count). The Morgan fingerprint density at radius 3 is 2.61 bits per heavy atom. The highest BCUT2D eigenvalue weighted by Gasteiger charge is 2.52. The Labute approximate surface area is 116 Å². The third-order valence-corrected chi connectivity index (χ3v) is 4.92. The number of amides is 1. The molecule has 2 N–H and O–H groups in total. The van der Waals surface area contributed by atoms with E-state index in [9.17, 15) is 4.79 Å². The van der Waals surface area contributed by atoms with Crippen LogP contribution in [0.1, 0.15) is 39.0 Å². The fraction of sp³-hybridized carbons (Fsp3) is 0.929. The highest BCUT2D eigenvalue weighted by Crippen LogP contribution is 2.55. The van der Waals surface area contributed by atoms with Gasteiger partial charge in [-0.05, 0) is 49.9 Å². The van der Waals surface area contributed by atoms with Gasteiger partial charge in [0.2, 0.25) is 5.91 Å². The first-order valence-electron chi connectivity index (χ1n) is 7.21. The van der Waals surface area contributed by atoms with Crippen molar-refractivity contribution in [2.75, 3.05) is 13.1 Å². The van der Waals surface area contributed by atoms with E-state index in [2.05, 4.69) is 11.8 Å². The summed E-state index contributed by atoms with van der Waals surface area (Å²) in [6, 6.07) is 0.312.